The quantitative estimate of drug-likeness (QED) is 0.677. The fourth-order valence-electron chi connectivity index (χ4n) is 2.67. The molecule has 1 amide bonds. The molecule has 0 aromatic carbocycles. The van der Waals surface area contributed by atoms with Gasteiger partial charge in [0, 0.05) is 5.92 Å². The van der Waals surface area contributed by atoms with Crippen molar-refractivity contribution in [3.05, 3.63) is 0 Å². The van der Waals surface area contributed by atoms with Gasteiger partial charge in [-0.1, -0.05) is 0 Å². The molecule has 0 radical (unpaired) electrons. The predicted molar refractivity (Wildman–Crippen MR) is 66.9 cm³/mol. The highest BCUT2D eigenvalue weighted by Crippen LogP contribution is 2.38. The Morgan fingerprint density at radius 1 is 1.30 bits per heavy atom. The largest absolute Gasteiger partial charge is 0.467 e. The molecule has 2 aliphatic heterocycles. The number of halogens is 1. The van der Waals surface area contributed by atoms with E-state index in [9.17, 15) is 14.0 Å². The van der Waals surface area contributed by atoms with Crippen LogP contribution in [0.1, 0.15) is 20.8 Å². The van der Waals surface area contributed by atoms with Crippen LogP contribution in [0, 0.1) is 5.92 Å². The number of rotatable bonds is 1. The molecule has 0 bridgehead atoms. The van der Waals surface area contributed by atoms with Crippen molar-refractivity contribution in [3.63, 3.8) is 0 Å². The topological polar surface area (TPSA) is 65.1 Å². The normalized spacial score (nSPS) is 33.0. The van der Waals surface area contributed by atoms with E-state index in [1.807, 2.05) is 0 Å². The summed E-state index contributed by atoms with van der Waals surface area (Å²) in [4.78, 5) is 25.2. The molecule has 0 saturated carbocycles. The monoisotopic (exact) mass is 289 g/mol. The number of alkyl halides is 1. The van der Waals surface area contributed by atoms with Crippen LogP contribution >= 0.6 is 0 Å². The van der Waals surface area contributed by atoms with Gasteiger partial charge in [0.2, 0.25) is 0 Å². The minimum absolute atomic E-state index is 0.193. The molecule has 2 heterocycles. The van der Waals surface area contributed by atoms with Crippen molar-refractivity contribution in [2.45, 2.75) is 44.6 Å². The van der Waals surface area contributed by atoms with Crippen molar-refractivity contribution in [1.82, 2.24) is 4.90 Å². The van der Waals surface area contributed by atoms with E-state index in [0.717, 1.165) is 4.90 Å². The molecule has 2 fully saturated rings. The maximum absolute atomic E-state index is 14.4. The van der Waals surface area contributed by atoms with Gasteiger partial charge in [-0.3, -0.25) is 4.90 Å². The van der Waals surface area contributed by atoms with Gasteiger partial charge in [0.15, 0.2) is 6.04 Å². The maximum atomic E-state index is 14.4. The first-order valence-electron chi connectivity index (χ1n) is 6.57. The molecule has 2 aliphatic rings. The molecule has 2 saturated heterocycles. The average Bonchev–Trinajstić information content (AvgIpc) is 2.88. The van der Waals surface area contributed by atoms with Crippen LogP contribution in [0.3, 0.4) is 0 Å². The van der Waals surface area contributed by atoms with Crippen molar-refractivity contribution in [3.8, 4) is 0 Å². The molecule has 0 aromatic rings. The van der Waals surface area contributed by atoms with E-state index in [-0.39, 0.29) is 13.2 Å². The van der Waals surface area contributed by atoms with E-state index in [1.165, 1.54) is 7.11 Å². The fourth-order valence-corrected chi connectivity index (χ4v) is 2.67. The van der Waals surface area contributed by atoms with Crippen LogP contribution < -0.4 is 0 Å². The number of esters is 1. The number of carbonyl (C=O) groups excluding carboxylic acids is 2. The highest BCUT2D eigenvalue weighted by molar-refractivity contribution is 5.83. The first kappa shape index (κ1) is 15.0. The molecule has 0 N–H and O–H groups in total. The van der Waals surface area contributed by atoms with E-state index in [0.29, 0.717) is 0 Å². The Kier molecular flexibility index (Phi) is 3.90. The maximum Gasteiger partial charge on any atom is 0.411 e. The number of ether oxygens (including phenoxy) is 3. The lowest BCUT2D eigenvalue weighted by atomic mass is 10.0. The summed E-state index contributed by atoms with van der Waals surface area (Å²) in [6.45, 7) is 5.54. The molecule has 0 spiro atoms. The minimum atomic E-state index is -1.50. The number of fused-ring (bicyclic) bond motifs is 1. The van der Waals surface area contributed by atoms with Gasteiger partial charge >= 0.3 is 12.1 Å². The van der Waals surface area contributed by atoms with Crippen LogP contribution in [0.5, 0.6) is 0 Å². The second kappa shape index (κ2) is 5.20. The summed E-state index contributed by atoms with van der Waals surface area (Å²) >= 11 is 0. The van der Waals surface area contributed by atoms with Crippen molar-refractivity contribution >= 4 is 12.1 Å². The van der Waals surface area contributed by atoms with E-state index >= 15 is 0 Å². The van der Waals surface area contributed by atoms with Crippen molar-refractivity contribution in [1.29, 1.82) is 0 Å². The molecule has 4 atom stereocenters. The first-order valence-corrected chi connectivity index (χ1v) is 6.57. The highest BCUT2D eigenvalue weighted by Gasteiger charge is 2.58. The molecule has 20 heavy (non-hydrogen) atoms. The first-order chi connectivity index (χ1) is 9.26. The third-order valence-electron chi connectivity index (χ3n) is 3.51. The zero-order valence-electron chi connectivity index (χ0n) is 12.1. The molecule has 114 valence electrons. The number of methoxy groups -OCH3 is 1. The second-order valence-electron chi connectivity index (χ2n) is 6.07. The van der Waals surface area contributed by atoms with Gasteiger partial charge in [-0.05, 0) is 20.8 Å². The molecular weight excluding hydrogens is 269 g/mol. The fraction of sp³-hybridized carbons (Fsp3) is 0.846. The minimum Gasteiger partial charge on any atom is -0.467 e. The van der Waals surface area contributed by atoms with Crippen molar-refractivity contribution < 1.29 is 28.2 Å². The van der Waals surface area contributed by atoms with E-state index in [1.54, 1.807) is 20.8 Å². The van der Waals surface area contributed by atoms with Gasteiger partial charge in [0.1, 0.15) is 11.8 Å². The zero-order valence-corrected chi connectivity index (χ0v) is 12.1. The molecule has 7 heteroatoms. The van der Waals surface area contributed by atoms with Gasteiger partial charge < -0.3 is 14.2 Å². The number of hydrogen-bond donors (Lipinski definition) is 0. The van der Waals surface area contributed by atoms with Gasteiger partial charge in [-0.25, -0.2) is 14.0 Å². The van der Waals surface area contributed by atoms with Gasteiger partial charge in [0.05, 0.1) is 26.4 Å². The van der Waals surface area contributed by atoms with Gasteiger partial charge in [-0.15, -0.1) is 0 Å². The molecule has 6 nitrogen and oxygen atoms in total. The summed E-state index contributed by atoms with van der Waals surface area (Å²) in [5.41, 5.74) is -0.721. The molecule has 0 aliphatic carbocycles. The molecule has 2 rings (SSSR count). The summed E-state index contributed by atoms with van der Waals surface area (Å²) in [6.07, 6.45) is -2.21. The Bertz CT molecular complexity index is 408. The van der Waals surface area contributed by atoms with Crippen LogP contribution in [0.15, 0.2) is 0 Å². The number of carbonyl (C=O) groups is 2. The average molecular weight is 289 g/mol. The van der Waals surface area contributed by atoms with Crippen LogP contribution in [-0.4, -0.2) is 61.1 Å². The molecule has 0 unspecified atom stereocenters. The molecular formula is C13H20FNO5. The smallest absolute Gasteiger partial charge is 0.411 e. The lowest BCUT2D eigenvalue weighted by Gasteiger charge is -2.30. The lowest BCUT2D eigenvalue weighted by molar-refractivity contribution is -0.148. The Labute approximate surface area is 117 Å². The number of amides is 1. The third kappa shape index (κ3) is 2.59. The standard InChI is InChI=1S/C13H20FNO5/c1-13(2,3)20-12(17)15-8-6-19-5-7(8)9(14)10(15)11(16)18-4/h7-10H,5-6H2,1-4H3/t7-,8+,9+,10+/m0/s1. The van der Waals surface area contributed by atoms with Crippen LogP contribution in [-0.2, 0) is 19.0 Å². The predicted octanol–water partition coefficient (Wildman–Crippen LogP) is 1.13. The van der Waals surface area contributed by atoms with Crippen LogP contribution in [0.25, 0.3) is 0 Å². The summed E-state index contributed by atoms with van der Waals surface area (Å²) in [5.74, 6) is -1.27. The SMILES string of the molecule is COC(=O)[C@H]1[C@H](F)[C@H]2COC[C@H]2N1C(=O)OC(C)(C)C. The van der Waals surface area contributed by atoms with Crippen molar-refractivity contribution in [2.24, 2.45) is 5.92 Å². The summed E-state index contributed by atoms with van der Waals surface area (Å²) in [7, 11) is 1.17. The van der Waals surface area contributed by atoms with Gasteiger partial charge in [-0.2, -0.15) is 0 Å². The zero-order chi connectivity index (χ0) is 15.1. The van der Waals surface area contributed by atoms with E-state index < -0.39 is 41.8 Å². The Hall–Kier alpha value is -1.37. The summed E-state index contributed by atoms with van der Waals surface area (Å²) in [5, 5.41) is 0. The van der Waals surface area contributed by atoms with Crippen LogP contribution in [0.2, 0.25) is 0 Å². The number of likely N-dealkylation sites (tertiary alicyclic amines) is 1. The second-order valence-corrected chi connectivity index (χ2v) is 6.07. The summed E-state index contributed by atoms with van der Waals surface area (Å²) in [6, 6.07) is -1.74. The van der Waals surface area contributed by atoms with Crippen LogP contribution in [0.4, 0.5) is 9.18 Å². The third-order valence-corrected chi connectivity index (χ3v) is 3.51. The van der Waals surface area contributed by atoms with Gasteiger partial charge in [0.25, 0.3) is 0 Å². The highest BCUT2D eigenvalue weighted by atomic mass is 19.1. The van der Waals surface area contributed by atoms with E-state index in [4.69, 9.17) is 9.47 Å². The lowest BCUT2D eigenvalue weighted by Crippen LogP contribution is -2.50. The Balaban J connectivity index is 2.25. The summed E-state index contributed by atoms with van der Waals surface area (Å²) < 4.78 is 29.5. The Morgan fingerprint density at radius 3 is 2.50 bits per heavy atom. The Morgan fingerprint density at radius 2 is 1.95 bits per heavy atom. The number of nitrogens with zero attached hydrogens (tertiary/aromatic N) is 1. The van der Waals surface area contributed by atoms with E-state index in [2.05, 4.69) is 4.74 Å². The molecule has 0 aromatic heterocycles. The number of hydrogen-bond acceptors (Lipinski definition) is 5. The van der Waals surface area contributed by atoms with Crippen molar-refractivity contribution in [2.75, 3.05) is 20.3 Å².